The Morgan fingerprint density at radius 1 is 1.03 bits per heavy atom. The van der Waals surface area contributed by atoms with Crippen LogP contribution >= 0.6 is 0 Å². The number of imide groups is 1. The van der Waals surface area contributed by atoms with Crippen molar-refractivity contribution >= 4 is 44.8 Å². The fourth-order valence-corrected chi connectivity index (χ4v) is 4.53. The predicted octanol–water partition coefficient (Wildman–Crippen LogP) is 3.40. The van der Waals surface area contributed by atoms with Gasteiger partial charge in [-0.1, -0.05) is 30.3 Å². The van der Waals surface area contributed by atoms with E-state index in [2.05, 4.69) is 10.3 Å². The normalized spacial score (nSPS) is 15.1. The molecule has 5 rings (SSSR count). The van der Waals surface area contributed by atoms with E-state index in [-0.39, 0.29) is 6.61 Å². The number of nitrogens with zero attached hydrogens (tertiary/aromatic N) is 1. The number of aliphatic hydroxyl groups excluding tert-OH is 1. The maximum absolute atomic E-state index is 13.0. The molecule has 1 aliphatic heterocycles. The molecule has 2 amide bonds. The number of hydrogen-bond acceptors (Lipinski definition) is 4. The molecule has 2 aromatic heterocycles. The molecule has 0 aliphatic carbocycles. The highest BCUT2D eigenvalue weighted by Crippen LogP contribution is 2.38. The van der Waals surface area contributed by atoms with Gasteiger partial charge in [-0.05, 0) is 31.5 Å². The third-order valence-electron chi connectivity index (χ3n) is 6.02. The van der Waals surface area contributed by atoms with Crippen molar-refractivity contribution in [2.75, 3.05) is 13.2 Å². The van der Waals surface area contributed by atoms with Gasteiger partial charge in [0.15, 0.2) is 0 Å². The average molecular weight is 444 g/mol. The molecular formula is C26H25N3O4. The van der Waals surface area contributed by atoms with Crippen molar-refractivity contribution in [3.8, 4) is 0 Å². The number of carbonyl (C=O) groups is 2. The van der Waals surface area contributed by atoms with Crippen LogP contribution in [-0.2, 0) is 20.9 Å². The predicted molar refractivity (Wildman–Crippen MR) is 127 cm³/mol. The zero-order valence-electron chi connectivity index (χ0n) is 18.5. The highest BCUT2D eigenvalue weighted by Gasteiger charge is 2.35. The van der Waals surface area contributed by atoms with E-state index in [1.54, 1.807) is 6.20 Å². The van der Waals surface area contributed by atoms with Crippen LogP contribution in [0.25, 0.3) is 33.0 Å². The van der Waals surface area contributed by atoms with Gasteiger partial charge in [-0.15, -0.1) is 0 Å². The molecule has 0 radical (unpaired) electrons. The molecule has 7 nitrogen and oxygen atoms in total. The van der Waals surface area contributed by atoms with Crippen molar-refractivity contribution in [3.05, 3.63) is 71.5 Å². The van der Waals surface area contributed by atoms with Crippen LogP contribution < -0.4 is 5.32 Å². The van der Waals surface area contributed by atoms with Gasteiger partial charge in [0, 0.05) is 51.9 Å². The van der Waals surface area contributed by atoms with Gasteiger partial charge in [0.1, 0.15) is 0 Å². The minimum Gasteiger partial charge on any atom is -0.389 e. The summed E-state index contributed by atoms with van der Waals surface area (Å²) >= 11 is 0. The number of hydrogen-bond donors (Lipinski definition) is 3. The highest BCUT2D eigenvalue weighted by molar-refractivity contribution is 6.50. The van der Waals surface area contributed by atoms with E-state index in [4.69, 9.17) is 4.74 Å². The van der Waals surface area contributed by atoms with Gasteiger partial charge in [-0.2, -0.15) is 0 Å². The summed E-state index contributed by atoms with van der Waals surface area (Å²) in [6.07, 6.45) is 2.92. The minimum atomic E-state index is -0.699. The fraction of sp³-hybridized carbons (Fsp3) is 0.231. The number of fused-ring (bicyclic) bond motifs is 2. The second kappa shape index (κ2) is 8.35. The number of aliphatic hydroxyl groups is 1. The van der Waals surface area contributed by atoms with Crippen LogP contribution in [0, 0.1) is 6.92 Å². The number of ether oxygens (including phenoxy) is 1. The van der Waals surface area contributed by atoms with Crippen LogP contribution in [0.1, 0.15) is 23.6 Å². The Hall–Kier alpha value is -3.68. The smallest absolute Gasteiger partial charge is 0.259 e. The molecule has 33 heavy (non-hydrogen) atoms. The number of benzene rings is 2. The third kappa shape index (κ3) is 3.65. The molecule has 0 saturated carbocycles. The first-order valence-corrected chi connectivity index (χ1v) is 11.0. The fourth-order valence-electron chi connectivity index (χ4n) is 4.53. The Morgan fingerprint density at radius 3 is 2.58 bits per heavy atom. The standard InChI is InChI=1S/C26H25N3O4/c1-3-33-14-16(30)12-29-13-20(18-9-8-15(2)10-22(18)29)24-23(25(31)28-26(24)32)19-11-27-21-7-5-4-6-17(19)21/h4-11,13,16,27,30H,3,12,14H2,1-2H3,(H,28,31,32). The van der Waals surface area contributed by atoms with Crippen LogP contribution in [-0.4, -0.2) is 45.8 Å². The summed E-state index contributed by atoms with van der Waals surface area (Å²) in [5.41, 5.74) is 4.89. The third-order valence-corrected chi connectivity index (χ3v) is 6.02. The van der Waals surface area contributed by atoms with E-state index in [0.717, 1.165) is 27.4 Å². The van der Waals surface area contributed by atoms with Crippen molar-refractivity contribution in [2.24, 2.45) is 0 Å². The summed E-state index contributed by atoms with van der Waals surface area (Å²) in [5, 5.41) is 14.7. The van der Waals surface area contributed by atoms with Crippen LogP contribution in [0.15, 0.2) is 54.9 Å². The van der Waals surface area contributed by atoms with E-state index in [1.807, 2.05) is 67.1 Å². The highest BCUT2D eigenvalue weighted by atomic mass is 16.5. The van der Waals surface area contributed by atoms with E-state index in [1.165, 1.54) is 0 Å². The number of para-hydroxylation sites is 1. The van der Waals surface area contributed by atoms with Crippen molar-refractivity contribution in [2.45, 2.75) is 26.5 Å². The second-order valence-corrected chi connectivity index (χ2v) is 8.31. The minimum absolute atomic E-state index is 0.222. The van der Waals surface area contributed by atoms with Crippen LogP contribution in [0.3, 0.4) is 0 Å². The van der Waals surface area contributed by atoms with Crippen molar-refractivity contribution in [1.82, 2.24) is 14.9 Å². The molecular weight excluding hydrogens is 418 g/mol. The number of aromatic amines is 1. The molecule has 1 aliphatic rings. The lowest BCUT2D eigenvalue weighted by Gasteiger charge is -2.12. The lowest BCUT2D eigenvalue weighted by Crippen LogP contribution is -2.22. The quantitative estimate of drug-likeness (QED) is 0.382. The van der Waals surface area contributed by atoms with Gasteiger partial charge in [-0.25, -0.2) is 0 Å². The molecule has 168 valence electrons. The summed E-state index contributed by atoms with van der Waals surface area (Å²) in [6, 6.07) is 13.6. The lowest BCUT2D eigenvalue weighted by molar-refractivity contribution is -0.122. The summed E-state index contributed by atoms with van der Waals surface area (Å²) in [7, 11) is 0. The summed E-state index contributed by atoms with van der Waals surface area (Å²) in [4.78, 5) is 29.2. The number of aryl methyl sites for hydroxylation is 1. The van der Waals surface area contributed by atoms with E-state index < -0.39 is 17.9 Å². The molecule has 1 atom stereocenters. The van der Waals surface area contributed by atoms with Gasteiger partial charge in [-0.3, -0.25) is 14.9 Å². The van der Waals surface area contributed by atoms with Crippen LogP contribution in [0.4, 0.5) is 0 Å². The second-order valence-electron chi connectivity index (χ2n) is 8.31. The first-order chi connectivity index (χ1) is 16.0. The maximum Gasteiger partial charge on any atom is 0.259 e. The Kier molecular flexibility index (Phi) is 5.36. The Labute approximate surface area is 190 Å². The van der Waals surface area contributed by atoms with Crippen molar-refractivity contribution in [1.29, 1.82) is 0 Å². The molecule has 7 heteroatoms. The van der Waals surface area contributed by atoms with Gasteiger partial charge in [0.05, 0.1) is 30.4 Å². The van der Waals surface area contributed by atoms with Gasteiger partial charge in [0.2, 0.25) is 0 Å². The number of nitrogens with one attached hydrogen (secondary N) is 2. The van der Waals surface area contributed by atoms with Crippen LogP contribution in [0.2, 0.25) is 0 Å². The lowest BCUT2D eigenvalue weighted by atomic mass is 9.95. The number of amides is 2. The SMILES string of the molecule is CCOCC(O)Cn1cc(C2=C(c3c[nH]c4ccccc34)C(=O)NC2=O)c2ccc(C)cc21. The molecule has 0 saturated heterocycles. The van der Waals surface area contributed by atoms with Crippen molar-refractivity contribution < 1.29 is 19.4 Å². The van der Waals surface area contributed by atoms with E-state index in [9.17, 15) is 14.7 Å². The monoisotopic (exact) mass is 443 g/mol. The average Bonchev–Trinajstić information content (AvgIpc) is 3.45. The number of H-pyrrole nitrogens is 1. The molecule has 3 heterocycles. The summed E-state index contributed by atoms with van der Waals surface area (Å²) in [5.74, 6) is -0.834. The van der Waals surface area contributed by atoms with E-state index >= 15 is 0 Å². The van der Waals surface area contributed by atoms with E-state index in [0.29, 0.717) is 35.4 Å². The first-order valence-electron chi connectivity index (χ1n) is 11.0. The molecule has 1 unspecified atom stereocenters. The van der Waals surface area contributed by atoms with Gasteiger partial charge >= 0.3 is 0 Å². The number of aromatic nitrogens is 2. The maximum atomic E-state index is 13.0. The van der Waals surface area contributed by atoms with Gasteiger partial charge in [0.25, 0.3) is 11.8 Å². The molecule has 4 aromatic rings. The summed E-state index contributed by atoms with van der Waals surface area (Å²) < 4.78 is 7.29. The zero-order chi connectivity index (χ0) is 23.1. The Morgan fingerprint density at radius 2 is 1.79 bits per heavy atom. The van der Waals surface area contributed by atoms with Crippen molar-refractivity contribution in [3.63, 3.8) is 0 Å². The number of rotatable bonds is 7. The molecule has 0 bridgehead atoms. The molecule has 0 spiro atoms. The Balaban J connectivity index is 1.71. The molecule has 0 fully saturated rings. The largest absolute Gasteiger partial charge is 0.389 e. The van der Waals surface area contributed by atoms with Crippen LogP contribution in [0.5, 0.6) is 0 Å². The Bertz CT molecular complexity index is 1430. The first kappa shape index (κ1) is 21.2. The summed E-state index contributed by atoms with van der Waals surface area (Å²) in [6.45, 7) is 4.94. The zero-order valence-corrected chi connectivity index (χ0v) is 18.5. The molecule has 3 N–H and O–H groups in total. The van der Waals surface area contributed by atoms with Gasteiger partial charge < -0.3 is 19.4 Å². The topological polar surface area (TPSA) is 96.3 Å². The number of carbonyl (C=O) groups excluding carboxylic acids is 2. The molecule has 2 aromatic carbocycles.